The summed E-state index contributed by atoms with van der Waals surface area (Å²) < 4.78 is 0. The summed E-state index contributed by atoms with van der Waals surface area (Å²) in [4.78, 5) is 4.81. The molecule has 0 unspecified atom stereocenters. The van der Waals surface area contributed by atoms with Crippen LogP contribution in [0.15, 0.2) is 194 Å². The van der Waals surface area contributed by atoms with Gasteiger partial charge in [0.2, 0.25) is 0 Å². The minimum absolute atomic E-state index is 0.0309. The van der Waals surface area contributed by atoms with Crippen LogP contribution in [-0.4, -0.2) is 0 Å². The van der Waals surface area contributed by atoms with Crippen LogP contribution in [0, 0.1) is 0 Å². The summed E-state index contributed by atoms with van der Waals surface area (Å²) in [5.74, 6) is 0.382. The van der Waals surface area contributed by atoms with Crippen LogP contribution in [0.3, 0.4) is 0 Å². The zero-order valence-corrected chi connectivity index (χ0v) is 35.9. The molecule has 0 saturated heterocycles. The summed E-state index contributed by atoms with van der Waals surface area (Å²) in [6.07, 6.45) is 0. The fourth-order valence-corrected chi connectivity index (χ4v) is 9.53. The third-order valence-corrected chi connectivity index (χ3v) is 12.4. The van der Waals surface area contributed by atoms with Crippen molar-refractivity contribution in [2.24, 2.45) is 0 Å². The number of hydrogen-bond acceptors (Lipinski definition) is 2. The van der Waals surface area contributed by atoms with E-state index in [4.69, 9.17) is 0 Å². The molecule has 0 N–H and O–H groups in total. The smallest absolute Gasteiger partial charge is 0.0727 e. The van der Waals surface area contributed by atoms with Gasteiger partial charge in [0.15, 0.2) is 0 Å². The molecule has 2 heteroatoms. The van der Waals surface area contributed by atoms with Crippen molar-refractivity contribution < 1.29 is 0 Å². The number of para-hydroxylation sites is 4. The Balaban J connectivity index is 0.00000228. The second-order valence-corrected chi connectivity index (χ2v) is 17.2. The van der Waals surface area contributed by atoms with Gasteiger partial charge in [-0.05, 0) is 140 Å². The molecule has 0 heterocycles. The van der Waals surface area contributed by atoms with Crippen LogP contribution in [-0.2, 0) is 10.8 Å². The van der Waals surface area contributed by atoms with E-state index in [-0.39, 0.29) is 5.41 Å². The topological polar surface area (TPSA) is 6.48 Å². The Morgan fingerprint density at radius 2 is 0.700 bits per heavy atom. The van der Waals surface area contributed by atoms with E-state index in [9.17, 15) is 0 Å². The zero-order valence-electron chi connectivity index (χ0n) is 35.9. The van der Waals surface area contributed by atoms with Gasteiger partial charge in [0.1, 0.15) is 0 Å². The quantitative estimate of drug-likeness (QED) is 0.159. The highest BCUT2D eigenvalue weighted by molar-refractivity contribution is 5.98. The average molecular weight is 779 g/mol. The predicted octanol–water partition coefficient (Wildman–Crippen LogP) is 16.4. The molecular formula is C58H54N2. The van der Waals surface area contributed by atoms with Gasteiger partial charge in [-0.1, -0.05) is 170 Å². The molecule has 2 nitrogen and oxygen atoms in total. The minimum atomic E-state index is -0.564. The van der Waals surface area contributed by atoms with E-state index in [0.717, 1.165) is 34.1 Å². The molecule has 60 heavy (non-hydrogen) atoms. The molecule has 10 rings (SSSR count). The van der Waals surface area contributed by atoms with Gasteiger partial charge in [0.05, 0.1) is 5.41 Å². The van der Waals surface area contributed by atoms with Crippen molar-refractivity contribution in [2.45, 2.75) is 65.2 Å². The lowest BCUT2D eigenvalue weighted by atomic mass is 9.69. The molecule has 8 aromatic carbocycles. The molecule has 0 bridgehead atoms. The molecular weight excluding hydrogens is 725 g/mol. The Kier molecular flexibility index (Phi) is 10.0. The van der Waals surface area contributed by atoms with Crippen LogP contribution < -0.4 is 9.80 Å². The molecule has 1 spiro atoms. The molecule has 0 fully saturated rings. The van der Waals surface area contributed by atoms with Gasteiger partial charge in [0.25, 0.3) is 0 Å². The van der Waals surface area contributed by atoms with Crippen molar-refractivity contribution in [1.82, 2.24) is 0 Å². The monoisotopic (exact) mass is 778 g/mol. The number of hydrogen-bond donors (Lipinski definition) is 0. The molecule has 8 aromatic rings. The van der Waals surface area contributed by atoms with Crippen LogP contribution in [0.5, 0.6) is 0 Å². The van der Waals surface area contributed by atoms with Crippen molar-refractivity contribution in [3.8, 4) is 22.3 Å². The van der Waals surface area contributed by atoms with E-state index in [1.165, 1.54) is 55.6 Å². The Morgan fingerprint density at radius 3 is 1.07 bits per heavy atom. The molecule has 0 amide bonds. The Labute approximate surface area is 357 Å². The third kappa shape index (κ3) is 6.34. The van der Waals surface area contributed by atoms with Gasteiger partial charge in [-0.3, -0.25) is 0 Å². The first-order chi connectivity index (χ1) is 29.2. The van der Waals surface area contributed by atoms with Crippen molar-refractivity contribution >= 4 is 34.1 Å². The molecule has 2 aliphatic rings. The molecule has 0 atom stereocenters. The molecule has 296 valence electrons. The van der Waals surface area contributed by atoms with E-state index in [1.807, 2.05) is 13.8 Å². The van der Waals surface area contributed by atoms with E-state index >= 15 is 0 Å². The van der Waals surface area contributed by atoms with Gasteiger partial charge in [0, 0.05) is 34.1 Å². The van der Waals surface area contributed by atoms with Crippen molar-refractivity contribution in [3.63, 3.8) is 0 Å². The van der Waals surface area contributed by atoms with Crippen LogP contribution in [0.1, 0.15) is 87.8 Å². The second-order valence-electron chi connectivity index (χ2n) is 17.2. The summed E-state index contributed by atoms with van der Waals surface area (Å²) in [6, 6.07) is 72.2. The fraction of sp³-hybridized carbons (Fsp3) is 0.172. The van der Waals surface area contributed by atoms with Crippen molar-refractivity contribution in [1.29, 1.82) is 0 Å². The van der Waals surface area contributed by atoms with Crippen LogP contribution in [0.4, 0.5) is 34.1 Å². The van der Waals surface area contributed by atoms with E-state index in [0.29, 0.717) is 5.92 Å². The molecule has 0 saturated carbocycles. The van der Waals surface area contributed by atoms with Gasteiger partial charge in [-0.15, -0.1) is 0 Å². The lowest BCUT2D eigenvalue weighted by Gasteiger charge is -2.34. The molecule has 2 aliphatic carbocycles. The lowest BCUT2D eigenvalue weighted by Crippen LogP contribution is -2.27. The van der Waals surface area contributed by atoms with Gasteiger partial charge < -0.3 is 9.80 Å². The van der Waals surface area contributed by atoms with E-state index in [2.05, 4.69) is 239 Å². The third-order valence-electron chi connectivity index (χ3n) is 12.4. The minimum Gasteiger partial charge on any atom is -0.310 e. The first kappa shape index (κ1) is 38.9. The normalized spacial score (nSPS) is 12.9. The van der Waals surface area contributed by atoms with Crippen molar-refractivity contribution in [3.05, 3.63) is 228 Å². The zero-order chi connectivity index (χ0) is 41.6. The average Bonchev–Trinajstić information content (AvgIpc) is 3.74. The van der Waals surface area contributed by atoms with Gasteiger partial charge >= 0.3 is 0 Å². The Hall–Kier alpha value is -6.64. The van der Waals surface area contributed by atoms with Crippen molar-refractivity contribution in [2.75, 3.05) is 9.80 Å². The first-order valence-electron chi connectivity index (χ1n) is 21.6. The van der Waals surface area contributed by atoms with Crippen LogP contribution >= 0.6 is 0 Å². The number of rotatable bonds is 7. The van der Waals surface area contributed by atoms with Gasteiger partial charge in [-0.25, -0.2) is 0 Å². The predicted molar refractivity (Wildman–Crippen MR) is 256 cm³/mol. The standard InChI is InChI=1S/C56H48N2.C2H6/c1-38(2)39-26-30-47-48-31-27-40(55(3,4)5)35-52(48)56(51(47)34-39)53-36-45(57(41-18-10-6-11-19-41)42-20-12-7-13-21-42)28-32-49(53)50-33-29-46(37-54(50)56)58(43-22-14-8-15-23-43)44-24-16-9-17-25-44;1-2/h6-38H,1-5H3;1-2H3. The summed E-state index contributed by atoms with van der Waals surface area (Å²) in [7, 11) is 0. The summed E-state index contributed by atoms with van der Waals surface area (Å²) in [6.45, 7) is 15.6. The Morgan fingerprint density at radius 1 is 0.367 bits per heavy atom. The fourth-order valence-electron chi connectivity index (χ4n) is 9.53. The summed E-state index contributed by atoms with van der Waals surface area (Å²) in [5, 5.41) is 0. The van der Waals surface area contributed by atoms with Gasteiger partial charge in [-0.2, -0.15) is 0 Å². The summed E-state index contributed by atoms with van der Waals surface area (Å²) in [5.41, 5.74) is 19.5. The lowest BCUT2D eigenvalue weighted by molar-refractivity contribution is 0.588. The maximum atomic E-state index is 2.54. The highest BCUT2D eigenvalue weighted by atomic mass is 15.1. The van der Waals surface area contributed by atoms with Crippen LogP contribution in [0.2, 0.25) is 0 Å². The second kappa shape index (κ2) is 15.5. The molecule has 0 aromatic heterocycles. The molecule has 0 radical (unpaired) electrons. The molecule has 0 aliphatic heterocycles. The number of fused-ring (bicyclic) bond motifs is 10. The largest absolute Gasteiger partial charge is 0.310 e. The number of nitrogens with zero attached hydrogens (tertiary/aromatic N) is 2. The first-order valence-corrected chi connectivity index (χ1v) is 21.6. The number of benzene rings is 8. The van der Waals surface area contributed by atoms with Crippen LogP contribution in [0.25, 0.3) is 22.3 Å². The maximum absolute atomic E-state index is 2.54. The number of anilines is 6. The summed E-state index contributed by atoms with van der Waals surface area (Å²) >= 11 is 0. The van der Waals surface area contributed by atoms with E-state index < -0.39 is 5.41 Å². The SMILES string of the molecule is CC.CC(C)c1ccc2c(c1)C1(c3cc(N(c4ccccc4)c4ccccc4)ccc3-c3ccc(N(c4ccccc4)c4ccccc4)cc31)c1cc(C(C)(C)C)ccc1-2. The van der Waals surface area contributed by atoms with E-state index in [1.54, 1.807) is 0 Å². The highest BCUT2D eigenvalue weighted by Gasteiger charge is 2.52. The Bertz CT molecular complexity index is 2570. The maximum Gasteiger partial charge on any atom is 0.0727 e. The highest BCUT2D eigenvalue weighted by Crippen LogP contribution is 2.64.